The fourth-order valence-corrected chi connectivity index (χ4v) is 2.84. The van der Waals surface area contributed by atoms with Crippen molar-refractivity contribution < 1.29 is 9.21 Å². The van der Waals surface area contributed by atoms with Gasteiger partial charge in [0.25, 0.3) is 0 Å². The Balaban J connectivity index is 2.20. The van der Waals surface area contributed by atoms with Crippen LogP contribution in [0.4, 0.5) is 0 Å². The number of carbonyl (C=O) groups is 1. The average molecular weight is 305 g/mol. The number of benzene rings is 2. The Labute approximate surface area is 136 Å². The Kier molecular flexibility index (Phi) is 4.38. The summed E-state index contributed by atoms with van der Waals surface area (Å²) in [6.07, 6.45) is 2.52. The second kappa shape index (κ2) is 6.61. The number of aromatic nitrogens is 1. The van der Waals surface area contributed by atoms with Crippen molar-refractivity contribution in [3.63, 3.8) is 0 Å². The first kappa shape index (κ1) is 15.2. The summed E-state index contributed by atoms with van der Waals surface area (Å²) in [6, 6.07) is 15.9. The van der Waals surface area contributed by atoms with E-state index in [9.17, 15) is 4.79 Å². The van der Waals surface area contributed by atoms with Gasteiger partial charge in [0.05, 0.1) is 0 Å². The molecule has 1 heterocycles. The predicted octanol–water partition coefficient (Wildman–Crippen LogP) is 4.95. The summed E-state index contributed by atoms with van der Waals surface area (Å²) >= 11 is 0. The Morgan fingerprint density at radius 1 is 0.957 bits per heavy atom. The number of rotatable bonds is 5. The molecule has 0 aliphatic heterocycles. The zero-order chi connectivity index (χ0) is 16.2. The van der Waals surface area contributed by atoms with Gasteiger partial charge in [0.2, 0.25) is 5.89 Å². The molecule has 0 spiro atoms. The van der Waals surface area contributed by atoms with E-state index in [1.165, 1.54) is 11.1 Å². The van der Waals surface area contributed by atoms with Crippen LogP contribution in [0.1, 0.15) is 35.5 Å². The van der Waals surface area contributed by atoms with Crippen LogP contribution in [0.15, 0.2) is 52.9 Å². The molecule has 0 saturated carbocycles. The normalized spacial score (nSPS) is 10.7. The highest BCUT2D eigenvalue weighted by Crippen LogP contribution is 2.32. The fourth-order valence-electron chi connectivity index (χ4n) is 2.84. The van der Waals surface area contributed by atoms with Crippen molar-refractivity contribution in [3.8, 4) is 22.7 Å². The highest BCUT2D eigenvalue weighted by Gasteiger charge is 2.19. The fraction of sp³-hybridized carbons (Fsp3) is 0.200. The van der Waals surface area contributed by atoms with Crippen molar-refractivity contribution in [2.45, 2.75) is 26.7 Å². The summed E-state index contributed by atoms with van der Waals surface area (Å²) < 4.78 is 5.81. The third-order valence-corrected chi connectivity index (χ3v) is 4.02. The molecule has 116 valence electrons. The first-order valence-corrected chi connectivity index (χ1v) is 7.91. The van der Waals surface area contributed by atoms with Gasteiger partial charge in [-0.2, -0.15) is 0 Å². The lowest BCUT2D eigenvalue weighted by molar-refractivity contribution is 0.110. The van der Waals surface area contributed by atoms with Crippen LogP contribution in [0.3, 0.4) is 0 Å². The van der Waals surface area contributed by atoms with Gasteiger partial charge in [-0.1, -0.05) is 62.4 Å². The molecule has 0 N–H and O–H groups in total. The van der Waals surface area contributed by atoms with Gasteiger partial charge < -0.3 is 4.42 Å². The monoisotopic (exact) mass is 305 g/mol. The molecule has 0 unspecified atom stereocenters. The SMILES string of the molecule is CCc1cccc(CC)c1-c1nc(-c2ccccc2)c(C=O)o1. The third kappa shape index (κ3) is 2.82. The smallest absolute Gasteiger partial charge is 0.228 e. The topological polar surface area (TPSA) is 43.1 Å². The minimum atomic E-state index is 0.277. The van der Waals surface area contributed by atoms with E-state index in [2.05, 4.69) is 37.0 Å². The van der Waals surface area contributed by atoms with Crippen LogP contribution in [0.2, 0.25) is 0 Å². The Hall–Kier alpha value is -2.68. The van der Waals surface area contributed by atoms with E-state index in [0.29, 0.717) is 11.6 Å². The number of carbonyl (C=O) groups excluding carboxylic acids is 1. The molecule has 0 aliphatic rings. The third-order valence-electron chi connectivity index (χ3n) is 4.02. The second-order valence-electron chi connectivity index (χ2n) is 5.37. The van der Waals surface area contributed by atoms with Crippen molar-refractivity contribution in [3.05, 3.63) is 65.4 Å². The maximum Gasteiger partial charge on any atom is 0.228 e. The molecule has 0 aliphatic carbocycles. The zero-order valence-corrected chi connectivity index (χ0v) is 13.4. The number of hydrogen-bond acceptors (Lipinski definition) is 3. The van der Waals surface area contributed by atoms with Crippen LogP contribution in [-0.2, 0) is 12.8 Å². The standard InChI is InChI=1S/C20H19NO2/c1-3-14-11-8-12-15(4-2)18(14)20-21-19(17(13-22)23-20)16-9-6-5-7-10-16/h5-13H,3-4H2,1-2H3. The van der Waals surface area contributed by atoms with Crippen molar-refractivity contribution >= 4 is 6.29 Å². The van der Waals surface area contributed by atoms with Crippen LogP contribution in [0, 0.1) is 0 Å². The molecule has 23 heavy (non-hydrogen) atoms. The molecule has 0 atom stereocenters. The van der Waals surface area contributed by atoms with Crippen molar-refractivity contribution in [2.24, 2.45) is 0 Å². The zero-order valence-electron chi connectivity index (χ0n) is 13.4. The summed E-state index contributed by atoms with van der Waals surface area (Å²) in [5, 5.41) is 0. The van der Waals surface area contributed by atoms with Crippen molar-refractivity contribution in [2.75, 3.05) is 0 Å². The summed E-state index contributed by atoms with van der Waals surface area (Å²) in [5.74, 6) is 0.805. The lowest BCUT2D eigenvalue weighted by Gasteiger charge is -2.09. The molecule has 0 bridgehead atoms. The maximum atomic E-state index is 11.4. The molecule has 2 aromatic carbocycles. The van der Waals surface area contributed by atoms with Crippen LogP contribution in [-0.4, -0.2) is 11.3 Å². The second-order valence-corrected chi connectivity index (χ2v) is 5.37. The number of hydrogen-bond donors (Lipinski definition) is 0. The van der Waals surface area contributed by atoms with E-state index in [1.54, 1.807) is 0 Å². The number of aryl methyl sites for hydroxylation is 2. The van der Waals surface area contributed by atoms with Gasteiger partial charge in [-0.25, -0.2) is 4.98 Å². The lowest BCUT2D eigenvalue weighted by atomic mass is 9.97. The highest BCUT2D eigenvalue weighted by molar-refractivity contribution is 5.84. The first-order valence-electron chi connectivity index (χ1n) is 7.91. The van der Waals surface area contributed by atoms with E-state index >= 15 is 0 Å². The predicted molar refractivity (Wildman–Crippen MR) is 91.5 cm³/mol. The van der Waals surface area contributed by atoms with E-state index in [-0.39, 0.29) is 5.76 Å². The molecular weight excluding hydrogens is 286 g/mol. The molecule has 3 aromatic rings. The van der Waals surface area contributed by atoms with Gasteiger partial charge in [-0.15, -0.1) is 0 Å². The maximum absolute atomic E-state index is 11.4. The summed E-state index contributed by atoms with van der Waals surface area (Å²) in [4.78, 5) is 16.1. The van der Waals surface area contributed by atoms with Gasteiger partial charge in [-0.3, -0.25) is 4.79 Å². The molecule has 3 nitrogen and oxygen atoms in total. The minimum Gasteiger partial charge on any atom is -0.433 e. The van der Waals surface area contributed by atoms with E-state index in [0.717, 1.165) is 30.3 Å². The Bertz CT molecular complexity index is 797. The molecule has 0 radical (unpaired) electrons. The summed E-state index contributed by atoms with van der Waals surface area (Å²) in [6.45, 7) is 4.22. The molecule has 0 amide bonds. The van der Waals surface area contributed by atoms with Crippen LogP contribution in [0.25, 0.3) is 22.7 Å². The summed E-state index contributed by atoms with van der Waals surface area (Å²) in [5.41, 5.74) is 4.87. The minimum absolute atomic E-state index is 0.277. The van der Waals surface area contributed by atoms with Gasteiger partial charge >= 0.3 is 0 Å². The molecular formula is C20H19NO2. The summed E-state index contributed by atoms with van der Waals surface area (Å²) in [7, 11) is 0. The average Bonchev–Trinajstić information content (AvgIpc) is 3.05. The van der Waals surface area contributed by atoms with Crippen LogP contribution < -0.4 is 0 Å². The number of oxazole rings is 1. The van der Waals surface area contributed by atoms with Crippen molar-refractivity contribution in [1.82, 2.24) is 4.98 Å². The van der Waals surface area contributed by atoms with Gasteiger partial charge in [0, 0.05) is 11.1 Å². The molecule has 0 fully saturated rings. The molecule has 0 saturated heterocycles. The van der Waals surface area contributed by atoms with Gasteiger partial charge in [0.15, 0.2) is 12.0 Å². The lowest BCUT2D eigenvalue weighted by Crippen LogP contribution is -1.94. The van der Waals surface area contributed by atoms with Gasteiger partial charge in [0.1, 0.15) is 5.69 Å². The largest absolute Gasteiger partial charge is 0.433 e. The molecule has 1 aromatic heterocycles. The van der Waals surface area contributed by atoms with Crippen LogP contribution in [0.5, 0.6) is 0 Å². The van der Waals surface area contributed by atoms with E-state index < -0.39 is 0 Å². The van der Waals surface area contributed by atoms with Crippen molar-refractivity contribution in [1.29, 1.82) is 0 Å². The van der Waals surface area contributed by atoms with E-state index in [1.807, 2.05) is 30.3 Å². The van der Waals surface area contributed by atoms with Crippen LogP contribution >= 0.6 is 0 Å². The van der Waals surface area contributed by atoms with Gasteiger partial charge in [-0.05, 0) is 24.0 Å². The highest BCUT2D eigenvalue weighted by atomic mass is 16.4. The first-order chi connectivity index (χ1) is 11.3. The Morgan fingerprint density at radius 2 is 1.61 bits per heavy atom. The Morgan fingerprint density at radius 3 is 2.17 bits per heavy atom. The molecule has 3 heteroatoms. The van der Waals surface area contributed by atoms with E-state index in [4.69, 9.17) is 4.42 Å². The number of nitrogens with zero attached hydrogens (tertiary/aromatic N) is 1. The quantitative estimate of drug-likeness (QED) is 0.627. The number of aldehydes is 1. The molecule has 3 rings (SSSR count).